The molecule has 0 aromatic heterocycles. The average Bonchev–Trinajstić information content (AvgIpc) is 2.81. The highest BCUT2D eigenvalue weighted by molar-refractivity contribution is 6.30. The maximum Gasteiger partial charge on any atom is 0.339 e. The second-order valence-corrected chi connectivity index (χ2v) is 6.98. The molecule has 0 N–H and O–H groups in total. The third-order valence-corrected chi connectivity index (χ3v) is 4.78. The fraction of sp³-hybridized carbons (Fsp3) is 0.120. The predicted octanol–water partition coefficient (Wildman–Crippen LogP) is 5.32. The van der Waals surface area contributed by atoms with Gasteiger partial charge in [0.2, 0.25) is 5.78 Å². The van der Waals surface area contributed by atoms with Crippen molar-refractivity contribution in [3.63, 3.8) is 0 Å². The summed E-state index contributed by atoms with van der Waals surface area (Å²) in [6.45, 7) is -0.429. The molecule has 0 aliphatic heterocycles. The summed E-state index contributed by atoms with van der Waals surface area (Å²) >= 11 is 5.98. The highest BCUT2D eigenvalue weighted by Gasteiger charge is 2.19. The van der Waals surface area contributed by atoms with Crippen molar-refractivity contribution in [2.75, 3.05) is 20.8 Å². The van der Waals surface area contributed by atoms with Crippen molar-refractivity contribution in [3.8, 4) is 11.5 Å². The van der Waals surface area contributed by atoms with Gasteiger partial charge in [-0.1, -0.05) is 54.1 Å². The first kappa shape index (κ1) is 22.1. The normalized spacial score (nSPS) is 11.0. The largest absolute Gasteiger partial charge is 0.497 e. The van der Waals surface area contributed by atoms with Crippen LogP contribution in [0.5, 0.6) is 11.5 Å². The van der Waals surface area contributed by atoms with Crippen LogP contribution in [0.1, 0.15) is 21.5 Å². The summed E-state index contributed by atoms with van der Waals surface area (Å²) in [5, 5.41) is 0.554. The lowest BCUT2D eigenvalue weighted by atomic mass is 10.0. The van der Waals surface area contributed by atoms with E-state index in [1.54, 1.807) is 48.5 Å². The Hall–Kier alpha value is -3.57. The smallest absolute Gasteiger partial charge is 0.339 e. The Bertz CT molecular complexity index is 1090. The highest BCUT2D eigenvalue weighted by atomic mass is 35.5. The van der Waals surface area contributed by atoms with E-state index in [4.69, 9.17) is 25.8 Å². The molecule has 0 bridgehead atoms. The Balaban J connectivity index is 1.82. The van der Waals surface area contributed by atoms with Crippen molar-refractivity contribution in [1.82, 2.24) is 0 Å². The standard InChI is InChI=1S/C25H21ClO5/c1-29-20-12-13-21(24(15-20)30-2)23(27)16-31-25(28)22(14-17-6-4-3-5-7-17)18-8-10-19(26)11-9-18/h3-15H,16H2,1-2H3/b22-14+. The minimum absolute atomic E-state index is 0.302. The molecule has 0 fully saturated rings. The van der Waals surface area contributed by atoms with Crippen LogP contribution < -0.4 is 9.47 Å². The second-order valence-electron chi connectivity index (χ2n) is 6.54. The summed E-state index contributed by atoms with van der Waals surface area (Å²) in [5.41, 5.74) is 2.08. The van der Waals surface area contributed by atoms with E-state index >= 15 is 0 Å². The van der Waals surface area contributed by atoms with Crippen molar-refractivity contribution >= 4 is 35.0 Å². The molecular weight excluding hydrogens is 416 g/mol. The van der Waals surface area contributed by atoms with Gasteiger partial charge in [0, 0.05) is 11.1 Å². The molecule has 5 nitrogen and oxygen atoms in total. The van der Waals surface area contributed by atoms with Crippen molar-refractivity contribution < 1.29 is 23.8 Å². The average molecular weight is 437 g/mol. The summed E-state index contributed by atoms with van der Waals surface area (Å²) in [5.74, 6) is -0.102. The molecule has 0 amide bonds. The molecule has 3 rings (SSSR count). The van der Waals surface area contributed by atoms with Crippen molar-refractivity contribution in [2.45, 2.75) is 0 Å². The zero-order valence-electron chi connectivity index (χ0n) is 17.1. The molecule has 0 aliphatic carbocycles. The first-order chi connectivity index (χ1) is 15.0. The van der Waals surface area contributed by atoms with Gasteiger partial charge in [-0.05, 0) is 41.5 Å². The predicted molar refractivity (Wildman–Crippen MR) is 121 cm³/mol. The minimum Gasteiger partial charge on any atom is -0.497 e. The first-order valence-corrected chi connectivity index (χ1v) is 9.84. The molecule has 6 heteroatoms. The molecule has 0 saturated carbocycles. The number of halogens is 1. The van der Waals surface area contributed by atoms with Gasteiger partial charge in [-0.3, -0.25) is 4.79 Å². The fourth-order valence-electron chi connectivity index (χ4n) is 2.92. The molecule has 3 aromatic rings. The maximum absolute atomic E-state index is 12.9. The van der Waals surface area contributed by atoms with Crippen LogP contribution in [0, 0.1) is 0 Å². The van der Waals surface area contributed by atoms with Crippen LogP contribution in [0.4, 0.5) is 0 Å². The number of benzene rings is 3. The molecule has 0 heterocycles. The van der Waals surface area contributed by atoms with E-state index in [9.17, 15) is 9.59 Å². The molecule has 0 spiro atoms. The number of carbonyl (C=O) groups excluding carboxylic acids is 2. The number of Topliss-reactive ketones (excluding diaryl/α,β-unsaturated/α-hetero) is 1. The number of carbonyl (C=O) groups is 2. The van der Waals surface area contributed by atoms with Gasteiger partial charge in [0.05, 0.1) is 25.4 Å². The van der Waals surface area contributed by atoms with Crippen molar-refractivity contribution in [1.29, 1.82) is 0 Å². The van der Waals surface area contributed by atoms with E-state index in [1.165, 1.54) is 14.2 Å². The van der Waals surface area contributed by atoms with Gasteiger partial charge < -0.3 is 14.2 Å². The van der Waals surface area contributed by atoms with E-state index in [0.29, 0.717) is 33.2 Å². The summed E-state index contributed by atoms with van der Waals surface area (Å²) < 4.78 is 15.8. The van der Waals surface area contributed by atoms with Crippen LogP contribution in [-0.4, -0.2) is 32.6 Å². The number of methoxy groups -OCH3 is 2. The number of hydrogen-bond acceptors (Lipinski definition) is 5. The van der Waals surface area contributed by atoms with Crippen LogP contribution in [0.3, 0.4) is 0 Å². The lowest BCUT2D eigenvalue weighted by Gasteiger charge is -2.11. The number of ketones is 1. The number of esters is 1. The van der Waals surface area contributed by atoms with Gasteiger partial charge in [0.15, 0.2) is 6.61 Å². The minimum atomic E-state index is -0.619. The van der Waals surface area contributed by atoms with Crippen LogP contribution in [0.25, 0.3) is 11.6 Å². The summed E-state index contributed by atoms with van der Waals surface area (Å²) in [6, 6.07) is 21.0. The number of hydrogen-bond donors (Lipinski definition) is 0. The number of rotatable bonds is 8. The summed E-state index contributed by atoms with van der Waals surface area (Å²) in [6.07, 6.45) is 1.71. The molecular formula is C25H21ClO5. The van der Waals surface area contributed by atoms with Crippen molar-refractivity contribution in [3.05, 3.63) is 94.5 Å². The zero-order chi connectivity index (χ0) is 22.2. The molecule has 0 unspecified atom stereocenters. The van der Waals surface area contributed by atoms with E-state index in [1.807, 2.05) is 30.3 Å². The van der Waals surface area contributed by atoms with Gasteiger partial charge in [0.1, 0.15) is 11.5 Å². The third kappa shape index (κ3) is 5.74. The quantitative estimate of drug-likeness (QED) is 0.207. The molecule has 31 heavy (non-hydrogen) atoms. The Morgan fingerprint density at radius 2 is 1.61 bits per heavy atom. The SMILES string of the molecule is COc1ccc(C(=O)COC(=O)/C(=C/c2ccccc2)c2ccc(Cl)cc2)c(OC)c1. The van der Waals surface area contributed by atoms with E-state index in [2.05, 4.69) is 0 Å². The van der Waals surface area contributed by atoms with Gasteiger partial charge in [0.25, 0.3) is 0 Å². The van der Waals surface area contributed by atoms with Gasteiger partial charge in [-0.15, -0.1) is 0 Å². The lowest BCUT2D eigenvalue weighted by molar-refractivity contribution is -0.135. The molecule has 0 radical (unpaired) electrons. The van der Waals surface area contributed by atoms with Gasteiger partial charge >= 0.3 is 5.97 Å². The van der Waals surface area contributed by atoms with Crippen LogP contribution in [0.15, 0.2) is 72.8 Å². The van der Waals surface area contributed by atoms with Gasteiger partial charge in [-0.25, -0.2) is 4.79 Å². The second kappa shape index (κ2) is 10.5. The monoisotopic (exact) mass is 436 g/mol. The molecule has 0 atom stereocenters. The Morgan fingerprint density at radius 1 is 0.903 bits per heavy atom. The topological polar surface area (TPSA) is 61.8 Å². The number of ether oxygens (including phenoxy) is 3. The van der Waals surface area contributed by atoms with Crippen LogP contribution in [-0.2, 0) is 9.53 Å². The van der Waals surface area contributed by atoms with E-state index in [-0.39, 0.29) is 5.78 Å². The Labute approximate surface area is 185 Å². The van der Waals surface area contributed by atoms with E-state index in [0.717, 1.165) is 5.56 Å². The summed E-state index contributed by atoms with van der Waals surface area (Å²) in [7, 11) is 2.98. The molecule has 0 aliphatic rings. The lowest BCUT2D eigenvalue weighted by Crippen LogP contribution is -2.16. The van der Waals surface area contributed by atoms with Gasteiger partial charge in [-0.2, -0.15) is 0 Å². The fourth-order valence-corrected chi connectivity index (χ4v) is 3.05. The van der Waals surface area contributed by atoms with Crippen molar-refractivity contribution in [2.24, 2.45) is 0 Å². The third-order valence-electron chi connectivity index (χ3n) is 4.53. The molecule has 158 valence electrons. The molecule has 3 aromatic carbocycles. The van der Waals surface area contributed by atoms with Crippen LogP contribution >= 0.6 is 11.6 Å². The van der Waals surface area contributed by atoms with Crippen LogP contribution in [0.2, 0.25) is 5.02 Å². The first-order valence-electron chi connectivity index (χ1n) is 9.47. The maximum atomic E-state index is 12.9. The Kier molecular flexibility index (Phi) is 7.46. The highest BCUT2D eigenvalue weighted by Crippen LogP contribution is 2.26. The summed E-state index contributed by atoms with van der Waals surface area (Å²) in [4.78, 5) is 25.6. The molecule has 0 saturated heterocycles. The Morgan fingerprint density at radius 3 is 2.26 bits per heavy atom. The van der Waals surface area contributed by atoms with E-state index < -0.39 is 12.6 Å². The zero-order valence-corrected chi connectivity index (χ0v) is 17.9.